The van der Waals surface area contributed by atoms with Gasteiger partial charge in [0.1, 0.15) is 6.04 Å². The fourth-order valence-electron chi connectivity index (χ4n) is 1.99. The highest BCUT2D eigenvalue weighted by molar-refractivity contribution is 5.85. The zero-order valence-electron chi connectivity index (χ0n) is 10.2. The van der Waals surface area contributed by atoms with Crippen molar-refractivity contribution in [2.45, 2.75) is 31.7 Å². The molecule has 0 saturated carbocycles. The summed E-state index contributed by atoms with van der Waals surface area (Å²) in [6.07, 6.45) is 2.70. The molecule has 0 bridgehead atoms. The molecule has 1 aliphatic heterocycles. The van der Waals surface area contributed by atoms with Crippen molar-refractivity contribution >= 4 is 11.9 Å². The molecular weight excluding hydrogens is 230 g/mol. The number of hydrogen-bond donors (Lipinski definition) is 1. The molecule has 1 heterocycles. The molecule has 96 valence electrons. The molecule has 4 heteroatoms. The molecule has 0 radical (unpaired) electrons. The molecule has 0 spiro atoms. The van der Waals surface area contributed by atoms with Crippen LogP contribution in [-0.2, 0) is 20.7 Å². The minimum Gasteiger partial charge on any atom is -0.464 e. The highest BCUT2D eigenvalue weighted by Gasteiger charge is 2.27. The molecular formula is C14H17NO3. The van der Waals surface area contributed by atoms with Gasteiger partial charge in [0.25, 0.3) is 0 Å². The zero-order valence-corrected chi connectivity index (χ0v) is 10.2. The van der Waals surface area contributed by atoms with Crippen molar-refractivity contribution in [1.29, 1.82) is 0 Å². The molecule has 1 atom stereocenters. The van der Waals surface area contributed by atoms with Crippen LogP contribution in [0.25, 0.3) is 0 Å². The summed E-state index contributed by atoms with van der Waals surface area (Å²) >= 11 is 0. The molecule has 1 N–H and O–H groups in total. The van der Waals surface area contributed by atoms with E-state index in [1.807, 2.05) is 30.3 Å². The lowest BCUT2D eigenvalue weighted by Crippen LogP contribution is -2.37. The maximum absolute atomic E-state index is 11.6. The van der Waals surface area contributed by atoms with Crippen LogP contribution in [0.1, 0.15) is 24.8 Å². The average molecular weight is 247 g/mol. The summed E-state index contributed by atoms with van der Waals surface area (Å²) in [6.45, 7) is 0.411. The van der Waals surface area contributed by atoms with Crippen molar-refractivity contribution in [1.82, 2.24) is 5.32 Å². The summed E-state index contributed by atoms with van der Waals surface area (Å²) in [7, 11) is 0. The number of carbonyl (C=O) groups is 2. The topological polar surface area (TPSA) is 55.4 Å². The molecule has 0 aromatic heterocycles. The molecule has 1 amide bonds. The summed E-state index contributed by atoms with van der Waals surface area (Å²) in [5.41, 5.74) is 1.23. The molecule has 18 heavy (non-hydrogen) atoms. The Morgan fingerprint density at radius 2 is 2.11 bits per heavy atom. The number of rotatable bonds is 5. The van der Waals surface area contributed by atoms with Crippen LogP contribution < -0.4 is 5.32 Å². The van der Waals surface area contributed by atoms with Gasteiger partial charge in [-0.15, -0.1) is 0 Å². The lowest BCUT2D eigenvalue weighted by atomic mass is 10.1. The second kappa shape index (κ2) is 6.19. The van der Waals surface area contributed by atoms with E-state index >= 15 is 0 Å². The van der Waals surface area contributed by atoms with Gasteiger partial charge >= 0.3 is 5.97 Å². The van der Waals surface area contributed by atoms with Gasteiger partial charge in [-0.05, 0) is 18.4 Å². The van der Waals surface area contributed by atoms with Gasteiger partial charge in [-0.2, -0.15) is 0 Å². The lowest BCUT2D eigenvalue weighted by molar-refractivity contribution is -0.141. The van der Waals surface area contributed by atoms with Gasteiger partial charge < -0.3 is 10.1 Å². The summed E-state index contributed by atoms with van der Waals surface area (Å²) < 4.78 is 4.79. The summed E-state index contributed by atoms with van der Waals surface area (Å²) in [5.74, 6) is -0.388. The second-order valence-corrected chi connectivity index (χ2v) is 4.42. The van der Waals surface area contributed by atoms with Crippen molar-refractivity contribution in [2.75, 3.05) is 6.61 Å². The first kappa shape index (κ1) is 12.6. The smallest absolute Gasteiger partial charge is 0.328 e. The predicted molar refractivity (Wildman–Crippen MR) is 66.9 cm³/mol. The van der Waals surface area contributed by atoms with E-state index in [1.54, 1.807) is 0 Å². The van der Waals surface area contributed by atoms with E-state index in [0.29, 0.717) is 19.4 Å². The summed E-state index contributed by atoms with van der Waals surface area (Å²) in [4.78, 5) is 22.8. The standard InChI is InChI=1S/C14H17NO3/c16-13(15-12-9-10-18-14(12)17)8-4-7-11-5-2-1-3-6-11/h1-3,5-6,12H,4,7-10H2,(H,15,16)/t12-/m0/s1. The maximum Gasteiger partial charge on any atom is 0.328 e. The van der Waals surface area contributed by atoms with Crippen molar-refractivity contribution < 1.29 is 14.3 Å². The van der Waals surface area contributed by atoms with Gasteiger partial charge in [0.15, 0.2) is 0 Å². The third-order valence-corrected chi connectivity index (χ3v) is 2.98. The molecule has 1 saturated heterocycles. The van der Waals surface area contributed by atoms with E-state index < -0.39 is 6.04 Å². The molecule has 1 aromatic rings. The first-order valence-electron chi connectivity index (χ1n) is 6.25. The van der Waals surface area contributed by atoms with Gasteiger partial charge in [-0.3, -0.25) is 4.79 Å². The first-order valence-corrected chi connectivity index (χ1v) is 6.25. The molecule has 0 unspecified atom stereocenters. The number of esters is 1. The van der Waals surface area contributed by atoms with Crippen LogP contribution in [0, 0.1) is 0 Å². The summed E-state index contributed by atoms with van der Waals surface area (Å²) in [5, 5.41) is 2.70. The van der Waals surface area contributed by atoms with Crippen molar-refractivity contribution in [3.05, 3.63) is 35.9 Å². The molecule has 0 aliphatic carbocycles. The van der Waals surface area contributed by atoms with Crippen LogP contribution in [0.5, 0.6) is 0 Å². The first-order chi connectivity index (χ1) is 8.75. The van der Waals surface area contributed by atoms with E-state index in [2.05, 4.69) is 5.32 Å². The van der Waals surface area contributed by atoms with Gasteiger partial charge in [-0.25, -0.2) is 4.79 Å². The third-order valence-electron chi connectivity index (χ3n) is 2.98. The van der Waals surface area contributed by atoms with E-state index in [1.165, 1.54) is 5.56 Å². The fourth-order valence-corrected chi connectivity index (χ4v) is 1.99. The number of hydrogen-bond acceptors (Lipinski definition) is 3. The predicted octanol–water partition coefficient (Wildman–Crippen LogP) is 1.44. The Morgan fingerprint density at radius 3 is 2.78 bits per heavy atom. The third kappa shape index (κ3) is 3.58. The van der Waals surface area contributed by atoms with Gasteiger partial charge in [-0.1, -0.05) is 30.3 Å². The SMILES string of the molecule is O=C(CCCc1ccccc1)N[C@H]1CCOC1=O. The van der Waals surface area contributed by atoms with E-state index in [-0.39, 0.29) is 11.9 Å². The van der Waals surface area contributed by atoms with Gasteiger partial charge in [0.2, 0.25) is 5.91 Å². The second-order valence-electron chi connectivity index (χ2n) is 4.42. The number of cyclic esters (lactones) is 1. The van der Waals surface area contributed by atoms with Gasteiger partial charge in [0.05, 0.1) is 6.61 Å². The number of ether oxygens (including phenoxy) is 1. The Kier molecular flexibility index (Phi) is 4.34. The fraction of sp³-hybridized carbons (Fsp3) is 0.429. The Labute approximate surface area is 106 Å². The van der Waals surface area contributed by atoms with E-state index in [4.69, 9.17) is 4.74 Å². The Bertz CT molecular complexity index is 416. The van der Waals surface area contributed by atoms with Crippen LogP contribution in [0.15, 0.2) is 30.3 Å². The van der Waals surface area contributed by atoms with Crippen LogP contribution >= 0.6 is 0 Å². The lowest BCUT2D eigenvalue weighted by Gasteiger charge is -2.08. The monoisotopic (exact) mass is 247 g/mol. The zero-order chi connectivity index (χ0) is 12.8. The number of carbonyl (C=O) groups excluding carboxylic acids is 2. The Morgan fingerprint density at radius 1 is 1.33 bits per heavy atom. The minimum absolute atomic E-state index is 0.0743. The van der Waals surface area contributed by atoms with Crippen LogP contribution in [0.4, 0.5) is 0 Å². The number of benzene rings is 1. The summed E-state index contributed by atoms with van der Waals surface area (Å²) in [6, 6.07) is 9.61. The molecule has 2 rings (SSSR count). The highest BCUT2D eigenvalue weighted by Crippen LogP contribution is 2.07. The molecule has 1 aliphatic rings. The molecule has 4 nitrogen and oxygen atoms in total. The minimum atomic E-state index is -0.436. The van der Waals surface area contributed by atoms with Gasteiger partial charge in [0, 0.05) is 12.8 Å². The number of nitrogens with one attached hydrogen (secondary N) is 1. The van der Waals surface area contributed by atoms with Crippen LogP contribution in [-0.4, -0.2) is 24.5 Å². The number of aryl methyl sites for hydroxylation is 1. The van der Waals surface area contributed by atoms with Crippen molar-refractivity contribution in [3.8, 4) is 0 Å². The normalized spacial score (nSPS) is 18.4. The number of amides is 1. The largest absolute Gasteiger partial charge is 0.464 e. The molecule has 1 aromatic carbocycles. The quantitative estimate of drug-likeness (QED) is 0.801. The van der Waals surface area contributed by atoms with Crippen LogP contribution in [0.3, 0.4) is 0 Å². The van der Waals surface area contributed by atoms with Crippen molar-refractivity contribution in [3.63, 3.8) is 0 Å². The Hall–Kier alpha value is -1.84. The Balaban J connectivity index is 1.67. The maximum atomic E-state index is 11.6. The van der Waals surface area contributed by atoms with E-state index in [0.717, 1.165) is 12.8 Å². The average Bonchev–Trinajstić information content (AvgIpc) is 2.76. The molecule has 1 fully saturated rings. The van der Waals surface area contributed by atoms with Crippen LogP contribution in [0.2, 0.25) is 0 Å². The van der Waals surface area contributed by atoms with E-state index in [9.17, 15) is 9.59 Å². The van der Waals surface area contributed by atoms with Crippen molar-refractivity contribution in [2.24, 2.45) is 0 Å². The highest BCUT2D eigenvalue weighted by atomic mass is 16.5.